The van der Waals surface area contributed by atoms with Gasteiger partial charge in [0, 0.05) is 10.6 Å². The Kier molecular flexibility index (Phi) is 4.80. The Hall–Kier alpha value is -3.12. The molecule has 33 heavy (non-hydrogen) atoms. The number of rotatable bonds is 6. The Morgan fingerprint density at radius 2 is 1.73 bits per heavy atom. The number of imide groups is 1. The van der Waals surface area contributed by atoms with Gasteiger partial charge in [-0.25, -0.2) is 0 Å². The first-order valence-corrected chi connectivity index (χ1v) is 11.6. The van der Waals surface area contributed by atoms with Crippen molar-refractivity contribution in [2.45, 2.75) is 13.0 Å². The van der Waals surface area contributed by atoms with Crippen LogP contribution in [0, 0.1) is 35.5 Å². The van der Waals surface area contributed by atoms with E-state index in [1.165, 1.54) is 6.21 Å². The highest BCUT2D eigenvalue weighted by Crippen LogP contribution is 2.65. The maximum absolute atomic E-state index is 13.1. The third-order valence-electron chi connectivity index (χ3n) is 7.49. The number of hydrogen-bond acceptors (Lipinski definition) is 5. The van der Waals surface area contributed by atoms with Gasteiger partial charge in [0.15, 0.2) is 11.5 Å². The topological polar surface area (TPSA) is 68.2 Å². The molecule has 6 nitrogen and oxygen atoms in total. The fraction of sp³-hybridized carbons (Fsp3) is 0.346. The smallest absolute Gasteiger partial charge is 0.254 e. The highest BCUT2D eigenvalue weighted by molar-refractivity contribution is 6.31. The molecule has 1 heterocycles. The van der Waals surface area contributed by atoms with Gasteiger partial charge in [0.2, 0.25) is 0 Å². The van der Waals surface area contributed by atoms with Crippen LogP contribution in [0.5, 0.6) is 11.5 Å². The molecule has 6 unspecified atom stereocenters. The van der Waals surface area contributed by atoms with Gasteiger partial charge in [0.25, 0.3) is 11.8 Å². The van der Waals surface area contributed by atoms with E-state index in [0.717, 1.165) is 17.0 Å². The molecule has 4 aliphatic carbocycles. The molecule has 2 saturated carbocycles. The van der Waals surface area contributed by atoms with Crippen LogP contribution >= 0.6 is 11.6 Å². The summed E-state index contributed by atoms with van der Waals surface area (Å²) in [5.74, 6) is 1.79. The minimum Gasteiger partial charge on any atom is -0.493 e. The Morgan fingerprint density at radius 3 is 2.39 bits per heavy atom. The fourth-order valence-corrected chi connectivity index (χ4v) is 6.02. The fourth-order valence-electron chi connectivity index (χ4n) is 5.83. The zero-order valence-electron chi connectivity index (χ0n) is 18.1. The molecule has 5 aliphatic rings. The molecule has 7 rings (SSSR count). The van der Waals surface area contributed by atoms with Gasteiger partial charge < -0.3 is 9.47 Å². The van der Waals surface area contributed by atoms with Crippen LogP contribution in [0.15, 0.2) is 59.7 Å². The van der Waals surface area contributed by atoms with Crippen molar-refractivity contribution in [2.24, 2.45) is 40.6 Å². The van der Waals surface area contributed by atoms with Gasteiger partial charge in [0.1, 0.15) is 6.61 Å². The maximum atomic E-state index is 13.1. The minimum atomic E-state index is -0.247. The molecule has 2 bridgehead atoms. The lowest BCUT2D eigenvalue weighted by Gasteiger charge is -2.37. The van der Waals surface area contributed by atoms with Crippen molar-refractivity contribution < 1.29 is 19.1 Å². The van der Waals surface area contributed by atoms with Crippen molar-refractivity contribution in [1.82, 2.24) is 5.01 Å². The van der Waals surface area contributed by atoms with Gasteiger partial charge in [-0.1, -0.05) is 42.0 Å². The predicted molar refractivity (Wildman–Crippen MR) is 123 cm³/mol. The quantitative estimate of drug-likeness (QED) is 0.364. The van der Waals surface area contributed by atoms with Crippen LogP contribution in [0.1, 0.15) is 17.5 Å². The highest BCUT2D eigenvalue weighted by atomic mass is 35.5. The summed E-state index contributed by atoms with van der Waals surface area (Å²) in [6.45, 7) is 0.307. The zero-order chi connectivity index (χ0) is 22.7. The zero-order valence-corrected chi connectivity index (χ0v) is 18.8. The number of ether oxygens (including phenoxy) is 2. The number of hydrogen-bond donors (Lipinski definition) is 0. The molecule has 2 aromatic carbocycles. The first-order valence-electron chi connectivity index (χ1n) is 11.2. The van der Waals surface area contributed by atoms with Crippen LogP contribution in [0.3, 0.4) is 0 Å². The summed E-state index contributed by atoms with van der Waals surface area (Å²) in [4.78, 5) is 26.1. The summed E-state index contributed by atoms with van der Waals surface area (Å²) in [6, 6.07) is 12.9. The van der Waals surface area contributed by atoms with E-state index >= 15 is 0 Å². The Morgan fingerprint density at radius 1 is 1.03 bits per heavy atom. The monoisotopic (exact) mass is 462 g/mol. The van der Waals surface area contributed by atoms with Crippen molar-refractivity contribution in [3.63, 3.8) is 0 Å². The molecule has 0 N–H and O–H groups in total. The van der Waals surface area contributed by atoms with Crippen molar-refractivity contribution in [3.05, 3.63) is 70.8 Å². The van der Waals surface area contributed by atoms with Gasteiger partial charge in [-0.3, -0.25) is 9.59 Å². The van der Waals surface area contributed by atoms with E-state index in [1.54, 1.807) is 19.2 Å². The molecule has 0 radical (unpaired) electrons. The summed E-state index contributed by atoms with van der Waals surface area (Å²) in [5, 5.41) is 6.02. The van der Waals surface area contributed by atoms with Gasteiger partial charge in [-0.05, 0) is 59.9 Å². The molecule has 0 aromatic heterocycles. The van der Waals surface area contributed by atoms with Crippen LogP contribution in [0.2, 0.25) is 5.02 Å². The molecule has 2 aromatic rings. The van der Waals surface area contributed by atoms with Gasteiger partial charge in [-0.2, -0.15) is 10.1 Å². The number of nitrogens with zero attached hydrogens (tertiary/aromatic N) is 2. The van der Waals surface area contributed by atoms with Crippen molar-refractivity contribution >= 4 is 29.6 Å². The standard InChI is InChI=1S/C26H23ClN2O4/c1-32-22-10-14(6-9-21(22)33-13-15-4-2-3-5-20(15)27)12-28-29-25(30)23-16-7-8-17(19-11-18(16)19)24(23)26(29)31/h2-10,12,16-19,23-24H,11,13H2,1H3. The lowest BCUT2D eigenvalue weighted by molar-refractivity contribution is -0.140. The van der Waals surface area contributed by atoms with E-state index in [-0.39, 0.29) is 35.5 Å². The Labute approximate surface area is 196 Å². The minimum absolute atomic E-state index is 0.169. The second-order valence-corrected chi connectivity index (χ2v) is 9.59. The third kappa shape index (κ3) is 3.27. The van der Waals surface area contributed by atoms with E-state index in [0.29, 0.717) is 40.5 Å². The van der Waals surface area contributed by atoms with E-state index < -0.39 is 0 Å². The number of hydrazone groups is 1. The molecule has 3 fully saturated rings. The number of carbonyl (C=O) groups excluding carboxylic acids is 2. The molecular weight excluding hydrogens is 440 g/mol. The van der Waals surface area contributed by atoms with E-state index in [4.69, 9.17) is 21.1 Å². The molecular formula is C26H23ClN2O4. The molecule has 168 valence electrons. The van der Waals surface area contributed by atoms with Crippen molar-refractivity contribution in [3.8, 4) is 11.5 Å². The average molecular weight is 463 g/mol. The van der Waals surface area contributed by atoms with Crippen molar-refractivity contribution in [2.75, 3.05) is 7.11 Å². The van der Waals surface area contributed by atoms with E-state index in [2.05, 4.69) is 17.3 Å². The molecule has 6 atom stereocenters. The lowest BCUT2D eigenvalue weighted by atomic mass is 9.63. The largest absolute Gasteiger partial charge is 0.493 e. The number of amides is 2. The molecule has 0 spiro atoms. The number of carbonyl (C=O) groups is 2. The van der Waals surface area contributed by atoms with Gasteiger partial charge in [-0.15, -0.1) is 0 Å². The number of benzene rings is 2. The van der Waals surface area contributed by atoms with Gasteiger partial charge in [0.05, 0.1) is 25.2 Å². The second kappa shape index (κ2) is 7.73. The van der Waals surface area contributed by atoms with E-state index in [9.17, 15) is 9.59 Å². The van der Waals surface area contributed by atoms with Crippen LogP contribution in [-0.2, 0) is 16.2 Å². The predicted octanol–water partition coefficient (Wildman–Crippen LogP) is 4.31. The van der Waals surface area contributed by atoms with Crippen LogP contribution < -0.4 is 9.47 Å². The Bertz CT molecular complexity index is 1170. The summed E-state index contributed by atoms with van der Waals surface area (Å²) in [5.41, 5.74) is 1.58. The third-order valence-corrected chi connectivity index (χ3v) is 7.86. The average Bonchev–Trinajstić information content (AvgIpc) is 3.62. The summed E-state index contributed by atoms with van der Waals surface area (Å²) in [6.07, 6.45) is 6.99. The normalized spacial score (nSPS) is 31.2. The SMILES string of the molecule is COc1cc(C=NN2C(=O)C3C4C=CC(C5CC45)C3C2=O)ccc1OCc1ccccc1Cl. The molecule has 1 aliphatic heterocycles. The number of methoxy groups -OCH3 is 1. The maximum Gasteiger partial charge on any atom is 0.254 e. The van der Waals surface area contributed by atoms with E-state index in [1.807, 2.05) is 30.3 Å². The summed E-state index contributed by atoms with van der Waals surface area (Å²) >= 11 is 6.20. The first kappa shape index (κ1) is 20.5. The second-order valence-electron chi connectivity index (χ2n) is 9.18. The highest BCUT2D eigenvalue weighted by Gasteiger charge is 2.67. The van der Waals surface area contributed by atoms with Crippen molar-refractivity contribution in [1.29, 1.82) is 0 Å². The number of allylic oxidation sites excluding steroid dienone is 2. The van der Waals surface area contributed by atoms with Crippen LogP contribution in [0.25, 0.3) is 0 Å². The summed E-state index contributed by atoms with van der Waals surface area (Å²) in [7, 11) is 1.56. The lowest BCUT2D eigenvalue weighted by Crippen LogP contribution is -2.40. The molecule has 2 amide bonds. The molecule has 7 heteroatoms. The molecule has 1 saturated heterocycles. The van der Waals surface area contributed by atoms with Crippen LogP contribution in [0.4, 0.5) is 0 Å². The first-order chi connectivity index (χ1) is 16.1. The summed E-state index contributed by atoms with van der Waals surface area (Å²) < 4.78 is 11.4. The van der Waals surface area contributed by atoms with Gasteiger partial charge >= 0.3 is 0 Å². The van der Waals surface area contributed by atoms with Crippen LogP contribution in [-0.4, -0.2) is 30.1 Å². The number of halogens is 1. The Balaban J connectivity index is 1.18.